The normalized spacial score (nSPS) is 10.8. The Balaban J connectivity index is 2.27. The van der Waals surface area contributed by atoms with Crippen molar-refractivity contribution in [2.24, 2.45) is 0 Å². The van der Waals surface area contributed by atoms with Crippen LogP contribution < -0.4 is 0 Å². The molecule has 0 saturated heterocycles. The lowest BCUT2D eigenvalue weighted by Crippen LogP contribution is -2.11. The van der Waals surface area contributed by atoms with Gasteiger partial charge in [-0.2, -0.15) is 5.10 Å². The summed E-state index contributed by atoms with van der Waals surface area (Å²) in [5, 5.41) is 4.40. The molecule has 2 rings (SSSR count). The number of halogens is 1. The molecule has 0 aliphatic rings. The van der Waals surface area contributed by atoms with Gasteiger partial charge in [-0.15, -0.1) is 0 Å². The molecule has 0 unspecified atom stereocenters. The number of aryl methyl sites for hydroxylation is 3. The average molecular weight is 274 g/mol. The molecule has 3 nitrogen and oxygen atoms in total. The van der Waals surface area contributed by atoms with E-state index in [1.54, 1.807) is 12.1 Å². The summed E-state index contributed by atoms with van der Waals surface area (Å²) in [5.41, 5.74) is 2.84. The van der Waals surface area contributed by atoms with Crippen molar-refractivity contribution >= 4 is 5.78 Å². The Morgan fingerprint density at radius 1 is 1.30 bits per heavy atom. The van der Waals surface area contributed by atoms with E-state index >= 15 is 0 Å². The highest BCUT2D eigenvalue weighted by Gasteiger charge is 2.15. The van der Waals surface area contributed by atoms with Crippen molar-refractivity contribution in [1.82, 2.24) is 9.78 Å². The van der Waals surface area contributed by atoms with Crippen molar-refractivity contribution in [3.8, 4) is 0 Å². The largest absolute Gasteiger partial charge is 0.294 e. The molecule has 0 saturated carbocycles. The minimum atomic E-state index is -0.459. The quantitative estimate of drug-likeness (QED) is 0.784. The highest BCUT2D eigenvalue weighted by Crippen LogP contribution is 2.15. The van der Waals surface area contributed by atoms with E-state index in [4.69, 9.17) is 0 Å². The Morgan fingerprint density at radius 2 is 2.05 bits per heavy atom. The first-order chi connectivity index (χ1) is 9.55. The lowest BCUT2D eigenvalue weighted by molar-refractivity contribution is 0.0986. The lowest BCUT2D eigenvalue weighted by Gasteiger charge is -2.06. The summed E-state index contributed by atoms with van der Waals surface area (Å²) in [7, 11) is 0. The number of nitrogens with zero attached hydrogens (tertiary/aromatic N) is 2. The van der Waals surface area contributed by atoms with Gasteiger partial charge in [0.15, 0.2) is 5.78 Å². The Labute approximate surface area is 118 Å². The summed E-state index contributed by atoms with van der Waals surface area (Å²) in [5.74, 6) is -0.665. The van der Waals surface area contributed by atoms with Crippen LogP contribution in [0.15, 0.2) is 24.3 Å². The van der Waals surface area contributed by atoms with E-state index in [0.717, 1.165) is 23.4 Å². The number of hydrogen-bond donors (Lipinski definition) is 0. The van der Waals surface area contributed by atoms with Gasteiger partial charge in [-0.3, -0.25) is 9.48 Å². The Hall–Kier alpha value is -1.97. The molecule has 106 valence electrons. The minimum Gasteiger partial charge on any atom is -0.294 e. The predicted octanol–water partition coefficient (Wildman–Crippen LogP) is 3.34. The van der Waals surface area contributed by atoms with Crippen LogP contribution in [-0.4, -0.2) is 15.6 Å². The second kappa shape index (κ2) is 5.99. The van der Waals surface area contributed by atoms with Crippen molar-refractivity contribution < 1.29 is 9.18 Å². The van der Waals surface area contributed by atoms with Gasteiger partial charge >= 0.3 is 0 Å². The second-order valence-electron chi connectivity index (χ2n) is 4.88. The average Bonchev–Trinajstić information content (AvgIpc) is 2.83. The fourth-order valence-electron chi connectivity index (χ4n) is 2.22. The standard InChI is InChI=1S/C16H19FN2O/c1-4-12-9-13(19(5-2)18-12)10-16(20)14-8-11(3)6-7-15(14)17/h6-9H,4-5,10H2,1-3H3. The Kier molecular flexibility index (Phi) is 4.32. The highest BCUT2D eigenvalue weighted by atomic mass is 19.1. The summed E-state index contributed by atoms with van der Waals surface area (Å²) in [6.07, 6.45) is 1.01. The zero-order chi connectivity index (χ0) is 14.7. The lowest BCUT2D eigenvalue weighted by atomic mass is 10.0. The summed E-state index contributed by atoms with van der Waals surface area (Å²) >= 11 is 0. The van der Waals surface area contributed by atoms with Crippen molar-refractivity contribution in [2.45, 2.75) is 40.2 Å². The van der Waals surface area contributed by atoms with Gasteiger partial charge in [-0.1, -0.05) is 18.6 Å². The first-order valence-corrected chi connectivity index (χ1v) is 6.90. The van der Waals surface area contributed by atoms with Crippen LogP contribution in [0.2, 0.25) is 0 Å². The maximum absolute atomic E-state index is 13.7. The fourth-order valence-corrected chi connectivity index (χ4v) is 2.22. The molecule has 0 atom stereocenters. The van der Waals surface area contributed by atoms with E-state index in [-0.39, 0.29) is 17.8 Å². The van der Waals surface area contributed by atoms with E-state index < -0.39 is 5.82 Å². The number of aromatic nitrogens is 2. The molecule has 2 aromatic rings. The topological polar surface area (TPSA) is 34.9 Å². The molecule has 0 aliphatic heterocycles. The summed E-state index contributed by atoms with van der Waals surface area (Å²) < 4.78 is 15.5. The van der Waals surface area contributed by atoms with Crippen molar-refractivity contribution in [3.05, 3.63) is 52.6 Å². The maximum Gasteiger partial charge on any atom is 0.171 e. The van der Waals surface area contributed by atoms with Gasteiger partial charge in [-0.25, -0.2) is 4.39 Å². The van der Waals surface area contributed by atoms with Crippen LogP contribution in [-0.2, 0) is 19.4 Å². The maximum atomic E-state index is 13.7. The predicted molar refractivity (Wildman–Crippen MR) is 76.5 cm³/mol. The molecule has 20 heavy (non-hydrogen) atoms. The van der Waals surface area contributed by atoms with Gasteiger partial charge in [0.05, 0.1) is 17.7 Å². The third kappa shape index (κ3) is 2.95. The first kappa shape index (κ1) is 14.4. The Bertz CT molecular complexity index is 631. The molecule has 1 aromatic carbocycles. The molecule has 0 bridgehead atoms. The summed E-state index contributed by atoms with van der Waals surface area (Å²) in [6.45, 7) is 6.56. The molecule has 0 spiro atoms. The number of hydrogen-bond acceptors (Lipinski definition) is 2. The zero-order valence-corrected chi connectivity index (χ0v) is 12.1. The highest BCUT2D eigenvalue weighted by molar-refractivity contribution is 5.97. The van der Waals surface area contributed by atoms with Crippen molar-refractivity contribution in [1.29, 1.82) is 0 Å². The second-order valence-corrected chi connectivity index (χ2v) is 4.88. The number of ketones is 1. The molecule has 0 radical (unpaired) electrons. The zero-order valence-electron chi connectivity index (χ0n) is 12.1. The van der Waals surface area contributed by atoms with Crippen LogP contribution in [0.3, 0.4) is 0 Å². The number of carbonyl (C=O) groups excluding carboxylic acids is 1. The summed E-state index contributed by atoms with van der Waals surface area (Å²) in [4.78, 5) is 12.3. The van der Waals surface area contributed by atoms with Gasteiger partial charge in [0.2, 0.25) is 0 Å². The minimum absolute atomic E-state index is 0.159. The number of rotatable bonds is 5. The van der Waals surface area contributed by atoms with Crippen LogP contribution in [0, 0.1) is 12.7 Å². The van der Waals surface area contributed by atoms with Gasteiger partial charge in [0.1, 0.15) is 5.82 Å². The van der Waals surface area contributed by atoms with Crippen molar-refractivity contribution in [3.63, 3.8) is 0 Å². The third-order valence-corrected chi connectivity index (χ3v) is 3.34. The smallest absolute Gasteiger partial charge is 0.171 e. The Morgan fingerprint density at radius 3 is 2.70 bits per heavy atom. The first-order valence-electron chi connectivity index (χ1n) is 6.90. The van der Waals surface area contributed by atoms with E-state index in [0.29, 0.717) is 6.54 Å². The number of benzene rings is 1. The van der Waals surface area contributed by atoms with Crippen LogP contribution in [0.25, 0.3) is 0 Å². The van der Waals surface area contributed by atoms with E-state index in [9.17, 15) is 9.18 Å². The SMILES string of the molecule is CCc1cc(CC(=O)c2cc(C)ccc2F)n(CC)n1. The van der Waals surface area contributed by atoms with E-state index in [2.05, 4.69) is 5.10 Å². The van der Waals surface area contributed by atoms with Crippen LogP contribution >= 0.6 is 0 Å². The van der Waals surface area contributed by atoms with E-state index in [1.807, 2.05) is 31.5 Å². The van der Waals surface area contributed by atoms with Crippen LogP contribution in [0.5, 0.6) is 0 Å². The number of Topliss-reactive ketones (excluding diaryl/α,β-unsaturated/α-hetero) is 1. The van der Waals surface area contributed by atoms with Crippen LogP contribution in [0.4, 0.5) is 4.39 Å². The molecular formula is C16H19FN2O. The molecule has 1 aromatic heterocycles. The molecule has 0 fully saturated rings. The van der Waals surface area contributed by atoms with Gasteiger partial charge in [-0.05, 0) is 38.5 Å². The monoisotopic (exact) mass is 274 g/mol. The van der Waals surface area contributed by atoms with Gasteiger partial charge in [0, 0.05) is 12.2 Å². The summed E-state index contributed by atoms with van der Waals surface area (Å²) in [6, 6.07) is 6.54. The molecule has 4 heteroatoms. The third-order valence-electron chi connectivity index (χ3n) is 3.34. The van der Waals surface area contributed by atoms with Crippen LogP contribution in [0.1, 0.15) is 41.2 Å². The number of carbonyl (C=O) groups is 1. The molecule has 1 heterocycles. The molecule has 0 aliphatic carbocycles. The van der Waals surface area contributed by atoms with Crippen molar-refractivity contribution in [2.75, 3.05) is 0 Å². The van der Waals surface area contributed by atoms with Gasteiger partial charge in [0.25, 0.3) is 0 Å². The molecule has 0 amide bonds. The fraction of sp³-hybridized carbons (Fsp3) is 0.375. The van der Waals surface area contributed by atoms with E-state index in [1.165, 1.54) is 6.07 Å². The molecule has 0 N–H and O–H groups in total. The van der Waals surface area contributed by atoms with Gasteiger partial charge < -0.3 is 0 Å². The molecular weight excluding hydrogens is 255 g/mol.